The lowest BCUT2D eigenvalue weighted by Crippen LogP contribution is -2.06. The van der Waals surface area contributed by atoms with E-state index >= 15 is 0 Å². The Labute approximate surface area is 180 Å². The van der Waals surface area contributed by atoms with Gasteiger partial charge in [0, 0.05) is 6.42 Å². The molecule has 0 aliphatic carbocycles. The van der Waals surface area contributed by atoms with Gasteiger partial charge in [-0.15, -0.1) is 0 Å². The van der Waals surface area contributed by atoms with Crippen molar-refractivity contribution in [2.45, 2.75) is 20.3 Å². The molecule has 0 bridgehead atoms. The predicted octanol–water partition coefficient (Wildman–Crippen LogP) is 5.09. The van der Waals surface area contributed by atoms with Crippen molar-refractivity contribution in [3.8, 4) is 11.5 Å². The summed E-state index contributed by atoms with van der Waals surface area (Å²) in [6.07, 6.45) is 3.94. The fourth-order valence-electron chi connectivity index (χ4n) is 3.04. The van der Waals surface area contributed by atoms with Gasteiger partial charge in [-0.3, -0.25) is 0 Å². The fraction of sp³-hybridized carbons (Fsp3) is 0.200. The zero-order valence-corrected chi connectivity index (χ0v) is 17.5. The first-order valence-electron chi connectivity index (χ1n) is 10.1. The number of aliphatic imine (C=N–C) groups is 1. The normalized spacial score (nSPS) is 14.5. The second-order valence-electron chi connectivity index (χ2n) is 7.13. The average molecular weight is 417 g/mol. The summed E-state index contributed by atoms with van der Waals surface area (Å²) < 4.78 is 22.0. The summed E-state index contributed by atoms with van der Waals surface area (Å²) in [6.45, 7) is 5.28. The van der Waals surface area contributed by atoms with Gasteiger partial charge in [-0.25, -0.2) is 9.79 Å². The molecule has 0 unspecified atom stereocenters. The van der Waals surface area contributed by atoms with Crippen LogP contribution in [0, 0.1) is 13.8 Å². The standard InChI is InChI=1S/C25H23NO5/c1-17-6-3-7-22(18(17)2)29-15-5-14-28-20-11-9-19(10-12-20)16-21-25(27)31-24(26-21)23-8-4-13-30-23/h3-4,6-13,16H,5,14-15H2,1-2H3. The molecule has 2 heterocycles. The smallest absolute Gasteiger partial charge is 0.363 e. The zero-order valence-electron chi connectivity index (χ0n) is 17.5. The highest BCUT2D eigenvalue weighted by atomic mass is 16.6. The lowest BCUT2D eigenvalue weighted by atomic mass is 10.1. The quantitative estimate of drug-likeness (QED) is 0.290. The molecule has 158 valence electrons. The van der Waals surface area contributed by atoms with E-state index in [4.69, 9.17) is 18.6 Å². The molecule has 1 aliphatic rings. The maximum Gasteiger partial charge on any atom is 0.363 e. The summed E-state index contributed by atoms with van der Waals surface area (Å²) in [5.41, 5.74) is 3.43. The third kappa shape index (κ3) is 5.04. The first-order valence-corrected chi connectivity index (χ1v) is 10.1. The van der Waals surface area contributed by atoms with Gasteiger partial charge in [-0.05, 0) is 66.9 Å². The van der Waals surface area contributed by atoms with Crippen LogP contribution in [0.5, 0.6) is 11.5 Å². The zero-order chi connectivity index (χ0) is 21.6. The minimum Gasteiger partial charge on any atom is -0.493 e. The van der Waals surface area contributed by atoms with Gasteiger partial charge in [0.2, 0.25) is 0 Å². The van der Waals surface area contributed by atoms with E-state index in [1.807, 2.05) is 36.4 Å². The Hall–Kier alpha value is -3.80. The van der Waals surface area contributed by atoms with Gasteiger partial charge < -0.3 is 18.6 Å². The van der Waals surface area contributed by atoms with E-state index in [2.05, 4.69) is 24.9 Å². The van der Waals surface area contributed by atoms with Crippen LogP contribution in [0.25, 0.3) is 6.08 Å². The van der Waals surface area contributed by atoms with Crippen molar-refractivity contribution in [2.75, 3.05) is 13.2 Å². The molecule has 0 N–H and O–H groups in total. The monoisotopic (exact) mass is 417 g/mol. The molecule has 3 aromatic rings. The molecular formula is C25H23NO5. The molecule has 0 atom stereocenters. The van der Waals surface area contributed by atoms with E-state index in [0.29, 0.717) is 19.0 Å². The van der Waals surface area contributed by atoms with Crippen molar-refractivity contribution in [1.82, 2.24) is 0 Å². The van der Waals surface area contributed by atoms with Gasteiger partial charge in [0.1, 0.15) is 11.5 Å². The summed E-state index contributed by atoms with van der Waals surface area (Å²) in [6, 6.07) is 16.9. The van der Waals surface area contributed by atoms with E-state index in [1.165, 1.54) is 17.4 Å². The van der Waals surface area contributed by atoms with Gasteiger partial charge in [0.15, 0.2) is 11.5 Å². The van der Waals surface area contributed by atoms with Gasteiger partial charge >= 0.3 is 5.97 Å². The molecule has 0 saturated carbocycles. The highest BCUT2D eigenvalue weighted by Gasteiger charge is 2.25. The minimum atomic E-state index is -0.504. The Balaban J connectivity index is 1.27. The molecular weight excluding hydrogens is 394 g/mol. The number of hydrogen-bond donors (Lipinski definition) is 0. The molecule has 4 rings (SSSR count). The maximum atomic E-state index is 12.0. The number of rotatable bonds is 8. The van der Waals surface area contributed by atoms with Crippen LogP contribution < -0.4 is 9.47 Å². The van der Waals surface area contributed by atoms with E-state index < -0.39 is 5.97 Å². The lowest BCUT2D eigenvalue weighted by Gasteiger charge is -2.11. The van der Waals surface area contributed by atoms with Crippen LogP contribution in [0.4, 0.5) is 0 Å². The van der Waals surface area contributed by atoms with Crippen LogP contribution in [0.15, 0.2) is 76.0 Å². The lowest BCUT2D eigenvalue weighted by molar-refractivity contribution is -0.130. The molecule has 0 amide bonds. The van der Waals surface area contributed by atoms with Crippen molar-refractivity contribution in [3.63, 3.8) is 0 Å². The molecule has 0 fully saturated rings. The Morgan fingerprint density at radius 3 is 2.55 bits per heavy atom. The van der Waals surface area contributed by atoms with E-state index in [9.17, 15) is 4.79 Å². The summed E-state index contributed by atoms with van der Waals surface area (Å²) in [4.78, 5) is 16.2. The maximum absolute atomic E-state index is 12.0. The van der Waals surface area contributed by atoms with Gasteiger partial charge in [-0.1, -0.05) is 24.3 Å². The molecule has 2 aromatic carbocycles. The number of carbonyl (C=O) groups is 1. The van der Waals surface area contributed by atoms with Crippen molar-refractivity contribution < 1.29 is 23.4 Å². The molecule has 0 radical (unpaired) electrons. The van der Waals surface area contributed by atoms with Gasteiger partial charge in [0.05, 0.1) is 19.5 Å². The van der Waals surface area contributed by atoms with Crippen molar-refractivity contribution in [1.29, 1.82) is 0 Å². The van der Waals surface area contributed by atoms with Crippen LogP contribution in [0.2, 0.25) is 0 Å². The molecule has 31 heavy (non-hydrogen) atoms. The van der Waals surface area contributed by atoms with Crippen molar-refractivity contribution >= 4 is 17.9 Å². The van der Waals surface area contributed by atoms with Gasteiger partial charge in [-0.2, -0.15) is 0 Å². The SMILES string of the molecule is Cc1cccc(OCCCOc2ccc(C=C3N=C(c4ccco4)OC3=O)cc2)c1C. The van der Waals surface area contributed by atoms with E-state index in [1.54, 1.807) is 18.2 Å². The Kier molecular flexibility index (Phi) is 6.17. The first kappa shape index (κ1) is 20.5. The van der Waals surface area contributed by atoms with Crippen LogP contribution in [-0.4, -0.2) is 25.1 Å². The number of ether oxygens (including phenoxy) is 3. The molecule has 1 aliphatic heterocycles. The molecule has 0 saturated heterocycles. The largest absolute Gasteiger partial charge is 0.493 e. The van der Waals surface area contributed by atoms with Crippen LogP contribution in [0.3, 0.4) is 0 Å². The summed E-state index contributed by atoms with van der Waals surface area (Å²) in [7, 11) is 0. The number of esters is 1. The number of hydrogen-bond acceptors (Lipinski definition) is 6. The summed E-state index contributed by atoms with van der Waals surface area (Å²) in [5.74, 6) is 1.75. The third-order valence-corrected chi connectivity index (χ3v) is 4.91. The highest BCUT2D eigenvalue weighted by Crippen LogP contribution is 2.22. The summed E-state index contributed by atoms with van der Waals surface area (Å²) in [5, 5.41) is 0. The van der Waals surface area contributed by atoms with Crippen molar-refractivity contribution in [3.05, 3.63) is 89.0 Å². The Bertz CT molecular complexity index is 1110. The number of nitrogens with zero attached hydrogens (tertiary/aromatic N) is 1. The molecule has 6 nitrogen and oxygen atoms in total. The average Bonchev–Trinajstić information content (AvgIpc) is 3.42. The predicted molar refractivity (Wildman–Crippen MR) is 117 cm³/mol. The highest BCUT2D eigenvalue weighted by molar-refractivity contribution is 6.11. The number of benzene rings is 2. The number of aryl methyl sites for hydroxylation is 1. The fourth-order valence-corrected chi connectivity index (χ4v) is 3.04. The third-order valence-electron chi connectivity index (χ3n) is 4.91. The number of furan rings is 1. The molecule has 1 aromatic heterocycles. The van der Waals surface area contributed by atoms with Crippen molar-refractivity contribution in [2.24, 2.45) is 4.99 Å². The minimum absolute atomic E-state index is 0.171. The second kappa shape index (κ2) is 9.34. The van der Waals surface area contributed by atoms with Crippen LogP contribution in [0.1, 0.15) is 28.9 Å². The number of cyclic esters (lactones) is 1. The van der Waals surface area contributed by atoms with Crippen LogP contribution >= 0.6 is 0 Å². The van der Waals surface area contributed by atoms with E-state index in [-0.39, 0.29) is 11.6 Å². The van der Waals surface area contributed by atoms with Gasteiger partial charge in [0.25, 0.3) is 5.90 Å². The second-order valence-corrected chi connectivity index (χ2v) is 7.13. The van der Waals surface area contributed by atoms with E-state index in [0.717, 1.165) is 23.5 Å². The number of carbonyl (C=O) groups excluding carboxylic acids is 1. The topological polar surface area (TPSA) is 70.3 Å². The molecule has 0 spiro atoms. The Morgan fingerprint density at radius 1 is 0.968 bits per heavy atom. The molecule has 6 heteroatoms. The van der Waals surface area contributed by atoms with Crippen LogP contribution in [-0.2, 0) is 9.53 Å². The first-order chi connectivity index (χ1) is 15.1. The summed E-state index contributed by atoms with van der Waals surface area (Å²) >= 11 is 0. The Morgan fingerprint density at radius 2 is 1.77 bits per heavy atom.